The van der Waals surface area contributed by atoms with Gasteiger partial charge in [0.25, 0.3) is 0 Å². The van der Waals surface area contributed by atoms with Crippen molar-refractivity contribution in [3.8, 4) is 11.5 Å². The van der Waals surface area contributed by atoms with Crippen LogP contribution in [0, 0.1) is 0 Å². The topological polar surface area (TPSA) is 18.5 Å². The van der Waals surface area contributed by atoms with Crippen LogP contribution in [0.3, 0.4) is 0 Å². The van der Waals surface area contributed by atoms with Crippen LogP contribution in [0.15, 0.2) is 24.3 Å². The molecule has 0 aliphatic rings. The maximum absolute atomic E-state index is 6.76. The first-order valence-corrected chi connectivity index (χ1v) is 43.8. The molecule has 8 heteroatoms. The van der Waals surface area contributed by atoms with E-state index in [1.165, 1.54) is 140 Å². The molecule has 0 fully saturated rings. The summed E-state index contributed by atoms with van der Waals surface area (Å²) in [5.41, 5.74) is 0. The third-order valence-corrected chi connectivity index (χ3v) is 34.4. The third kappa shape index (κ3) is 9.81. The predicted octanol–water partition coefficient (Wildman–Crippen LogP) is 15.8. The van der Waals surface area contributed by atoms with Gasteiger partial charge in [-0.3, -0.25) is 0 Å². The fourth-order valence-corrected chi connectivity index (χ4v) is 23.8. The molecule has 2 aromatic carbocycles. The first-order chi connectivity index (χ1) is 25.0. The molecule has 284 valence electrons. The van der Waals surface area contributed by atoms with Crippen molar-refractivity contribution < 1.29 is 9.47 Å². The van der Waals surface area contributed by atoms with Crippen molar-refractivity contribution >= 4 is 138 Å². The number of unbranched alkanes of at least 4 members (excludes halogenated alkanes) is 14. The first kappa shape index (κ1) is 41.4. The van der Waals surface area contributed by atoms with Crippen LogP contribution >= 0.6 is 45.3 Å². The molecule has 0 aliphatic heterocycles. The van der Waals surface area contributed by atoms with Crippen molar-refractivity contribution in [2.24, 2.45) is 0 Å². The van der Waals surface area contributed by atoms with Gasteiger partial charge in [-0.05, 0) is 0 Å². The second-order valence-corrected chi connectivity index (χ2v) is 52.3. The van der Waals surface area contributed by atoms with E-state index in [4.69, 9.17) is 9.47 Å². The van der Waals surface area contributed by atoms with E-state index in [9.17, 15) is 0 Å². The van der Waals surface area contributed by atoms with Crippen LogP contribution in [-0.4, -0.2) is 50.0 Å². The molecule has 0 atom stereocenters. The van der Waals surface area contributed by atoms with Gasteiger partial charge in [-0.25, -0.2) is 0 Å². The van der Waals surface area contributed by atoms with Gasteiger partial charge < -0.3 is 0 Å². The Hall–Kier alpha value is -0.263. The molecular formula is C44H64O2S4Sn2. The van der Waals surface area contributed by atoms with E-state index < -0.39 is 36.8 Å². The number of benzene rings is 2. The number of hydrogen-bond acceptors (Lipinski definition) is 6. The molecule has 0 unspecified atom stereocenters. The molecule has 4 aromatic heterocycles. The van der Waals surface area contributed by atoms with Crippen LogP contribution in [0.25, 0.3) is 49.7 Å². The summed E-state index contributed by atoms with van der Waals surface area (Å²) in [7, 11) is 0. The Morgan fingerprint density at radius 1 is 0.423 bits per heavy atom. The molecule has 2 nitrogen and oxygen atoms in total. The molecule has 0 bridgehead atoms. The summed E-state index contributed by atoms with van der Waals surface area (Å²) < 4.78 is 25.8. The van der Waals surface area contributed by atoms with E-state index in [-0.39, 0.29) is 0 Å². The summed E-state index contributed by atoms with van der Waals surface area (Å²) in [6.45, 7) is 6.12. The van der Waals surface area contributed by atoms with Gasteiger partial charge in [-0.2, -0.15) is 0 Å². The van der Waals surface area contributed by atoms with Gasteiger partial charge in [0.1, 0.15) is 0 Å². The van der Waals surface area contributed by atoms with E-state index in [0.717, 1.165) is 37.6 Å². The van der Waals surface area contributed by atoms with E-state index in [0.29, 0.717) is 0 Å². The van der Waals surface area contributed by atoms with E-state index in [2.05, 4.69) is 90.4 Å². The van der Waals surface area contributed by atoms with E-state index in [1.807, 2.05) is 22.7 Å². The Morgan fingerprint density at radius 3 is 1.12 bits per heavy atom. The number of rotatable bonds is 22. The molecule has 0 saturated carbocycles. The predicted molar refractivity (Wildman–Crippen MR) is 248 cm³/mol. The van der Waals surface area contributed by atoms with Crippen LogP contribution in [0.5, 0.6) is 11.5 Å². The van der Waals surface area contributed by atoms with Crippen molar-refractivity contribution in [2.45, 2.75) is 146 Å². The standard InChI is InChI=1S/C38H46O2S4.6CH3.2Sn/c1-3-5-7-9-11-13-15-17-21-39-29-25-27-28(26-30(29)40-22-18-16-14-12-10-8-6-4-2)34-36-32(20-24-42-36)44-38(34)37-33(27)35-31(43-37)19-23-41-35;;;;;;;;/h19-20,25-26H,3-18,21-22H2,1-2H3;6*1H3;;. The molecule has 0 spiro atoms. The molecule has 6 rings (SSSR count). The zero-order chi connectivity index (χ0) is 36.9. The molecule has 0 aliphatic carbocycles. The van der Waals surface area contributed by atoms with E-state index >= 15 is 0 Å². The van der Waals surface area contributed by atoms with Gasteiger partial charge in [-0.15, -0.1) is 0 Å². The normalized spacial score (nSPS) is 12.8. The van der Waals surface area contributed by atoms with Gasteiger partial charge in [0.05, 0.1) is 0 Å². The van der Waals surface area contributed by atoms with Crippen LogP contribution in [0.4, 0.5) is 0 Å². The van der Waals surface area contributed by atoms with Crippen molar-refractivity contribution in [3.05, 3.63) is 24.3 Å². The van der Waals surface area contributed by atoms with Crippen LogP contribution in [0.2, 0.25) is 29.6 Å². The quantitative estimate of drug-likeness (QED) is 0.0498. The summed E-state index contributed by atoms with van der Waals surface area (Å²) in [5, 5.41) is 5.66. The molecular weight excluding hydrogens is 926 g/mol. The third-order valence-electron chi connectivity index (χ3n) is 10.5. The summed E-state index contributed by atoms with van der Waals surface area (Å²) in [6.07, 6.45) is 20.9. The molecule has 0 saturated heterocycles. The Kier molecular flexibility index (Phi) is 14.9. The minimum atomic E-state index is -2.23. The SMILES string of the molecule is CCCCCCCCCCOc1cc2c(cc1OCCCCCCCCCC)c1c3s[c]([Sn]([CH3])([CH3])[CH3])cc3sc1c1sc3c[c]([Sn]([CH3])([CH3])[CH3])sc3c21. The number of hydrogen-bond donors (Lipinski definition) is 0. The van der Waals surface area contributed by atoms with Crippen molar-refractivity contribution in [1.82, 2.24) is 0 Å². The Balaban J connectivity index is 1.38. The Bertz CT molecular complexity index is 1920. The van der Waals surface area contributed by atoms with Crippen LogP contribution in [0.1, 0.15) is 117 Å². The van der Waals surface area contributed by atoms with Gasteiger partial charge in [0.2, 0.25) is 0 Å². The first-order valence-electron chi connectivity index (χ1n) is 20.6. The zero-order valence-corrected chi connectivity index (χ0v) is 42.5. The van der Waals surface area contributed by atoms with Crippen LogP contribution in [-0.2, 0) is 0 Å². The summed E-state index contributed by atoms with van der Waals surface area (Å²) in [4.78, 5) is 15.3. The molecule has 4 heterocycles. The monoisotopic (exact) mass is 992 g/mol. The van der Waals surface area contributed by atoms with Crippen molar-refractivity contribution in [2.75, 3.05) is 13.2 Å². The fraction of sp³-hybridized carbons (Fsp3) is 0.591. The number of fused-ring (bicyclic) bond motifs is 10. The van der Waals surface area contributed by atoms with Gasteiger partial charge in [0, 0.05) is 0 Å². The number of thiophene rings is 4. The zero-order valence-electron chi connectivity index (χ0n) is 33.5. The number of ether oxygens (including phenoxy) is 2. The van der Waals surface area contributed by atoms with Crippen LogP contribution < -0.4 is 15.3 Å². The molecule has 0 N–H and O–H groups in total. The molecule has 6 aromatic rings. The maximum atomic E-state index is 6.76. The van der Waals surface area contributed by atoms with Gasteiger partial charge in [-0.1, -0.05) is 78.1 Å². The van der Waals surface area contributed by atoms with Gasteiger partial charge >= 0.3 is 264 Å². The van der Waals surface area contributed by atoms with Crippen molar-refractivity contribution in [3.63, 3.8) is 0 Å². The Morgan fingerprint density at radius 2 is 0.769 bits per heavy atom. The average Bonchev–Trinajstić information content (AvgIpc) is 3.86. The van der Waals surface area contributed by atoms with Crippen molar-refractivity contribution in [1.29, 1.82) is 0 Å². The fourth-order valence-electron chi connectivity index (χ4n) is 7.36. The second kappa shape index (κ2) is 18.8. The Labute approximate surface area is 338 Å². The van der Waals surface area contributed by atoms with Gasteiger partial charge in [0.15, 0.2) is 0 Å². The summed E-state index contributed by atoms with van der Waals surface area (Å²) >= 11 is 3.82. The molecule has 0 radical (unpaired) electrons. The average molecular weight is 991 g/mol. The molecule has 0 amide bonds. The van der Waals surface area contributed by atoms with E-state index in [1.54, 1.807) is 5.79 Å². The summed E-state index contributed by atoms with van der Waals surface area (Å²) in [6, 6.07) is 9.94. The second-order valence-electron chi connectivity index (χ2n) is 17.2. The summed E-state index contributed by atoms with van der Waals surface area (Å²) in [5.74, 6) is 1.90. The molecule has 52 heavy (non-hydrogen) atoms. The minimum absolute atomic E-state index is 0.760.